The van der Waals surface area contributed by atoms with Crippen LogP contribution in [0.4, 0.5) is 5.69 Å². The van der Waals surface area contributed by atoms with Crippen LogP contribution in [0.3, 0.4) is 0 Å². The van der Waals surface area contributed by atoms with Crippen molar-refractivity contribution in [3.05, 3.63) is 29.8 Å². The Morgan fingerprint density at radius 1 is 1.35 bits per heavy atom. The Labute approximate surface area is 104 Å². The third-order valence-corrected chi connectivity index (χ3v) is 4.24. The number of hydrogen-bond donors (Lipinski definition) is 1. The normalized spacial score (nSPS) is 28.1. The van der Waals surface area contributed by atoms with Crippen LogP contribution in [-0.2, 0) is 0 Å². The number of rotatable bonds is 3. The lowest BCUT2D eigenvalue weighted by Crippen LogP contribution is -2.23. The Kier molecular flexibility index (Phi) is 3.06. The molecule has 2 heterocycles. The van der Waals surface area contributed by atoms with E-state index in [4.69, 9.17) is 0 Å². The van der Waals surface area contributed by atoms with Gasteiger partial charge in [-0.1, -0.05) is 25.1 Å². The Morgan fingerprint density at radius 2 is 2.24 bits per heavy atom. The van der Waals surface area contributed by atoms with Crippen LogP contribution in [0.2, 0.25) is 0 Å². The minimum atomic E-state index is 0.724. The summed E-state index contributed by atoms with van der Waals surface area (Å²) in [6.07, 6.45) is 2.69. The van der Waals surface area contributed by atoms with Crippen molar-refractivity contribution in [2.45, 2.75) is 25.7 Å². The quantitative estimate of drug-likeness (QED) is 0.859. The van der Waals surface area contributed by atoms with Crippen molar-refractivity contribution in [1.29, 1.82) is 0 Å². The fourth-order valence-electron chi connectivity index (χ4n) is 3.18. The molecule has 1 aromatic rings. The van der Waals surface area contributed by atoms with Gasteiger partial charge in [-0.3, -0.25) is 0 Å². The van der Waals surface area contributed by atoms with Gasteiger partial charge in [0, 0.05) is 24.7 Å². The monoisotopic (exact) mass is 230 g/mol. The van der Waals surface area contributed by atoms with E-state index in [2.05, 4.69) is 41.4 Å². The third kappa shape index (κ3) is 2.32. The van der Waals surface area contributed by atoms with Gasteiger partial charge in [0.15, 0.2) is 0 Å². The summed E-state index contributed by atoms with van der Waals surface area (Å²) in [6, 6.07) is 8.77. The van der Waals surface area contributed by atoms with Crippen LogP contribution >= 0.6 is 0 Å². The predicted molar refractivity (Wildman–Crippen MR) is 72.5 cm³/mol. The zero-order chi connectivity index (χ0) is 11.7. The van der Waals surface area contributed by atoms with Crippen LogP contribution in [0.1, 0.15) is 31.2 Å². The van der Waals surface area contributed by atoms with E-state index in [1.54, 1.807) is 0 Å². The van der Waals surface area contributed by atoms with Crippen molar-refractivity contribution in [2.75, 3.05) is 31.5 Å². The molecule has 0 aliphatic carbocycles. The highest BCUT2D eigenvalue weighted by Crippen LogP contribution is 2.33. The average molecular weight is 230 g/mol. The number of nitrogens with zero attached hydrogens (tertiary/aromatic N) is 1. The molecule has 2 aliphatic rings. The molecule has 2 atom stereocenters. The van der Waals surface area contributed by atoms with Gasteiger partial charge in [0.1, 0.15) is 0 Å². The summed E-state index contributed by atoms with van der Waals surface area (Å²) in [7, 11) is 0. The number of nitrogens with one attached hydrogen (secondary N) is 1. The minimum Gasteiger partial charge on any atom is -0.384 e. The molecule has 17 heavy (non-hydrogen) atoms. The maximum absolute atomic E-state index is 3.52. The number of anilines is 1. The topological polar surface area (TPSA) is 15.3 Å². The second-order valence-corrected chi connectivity index (χ2v) is 5.65. The van der Waals surface area contributed by atoms with Crippen molar-refractivity contribution in [3.8, 4) is 0 Å². The SMILES string of the molecule is CC1CCN(CCC2CNc3ccccc32)C1. The number of hydrogen-bond acceptors (Lipinski definition) is 2. The van der Waals surface area contributed by atoms with Crippen molar-refractivity contribution >= 4 is 5.69 Å². The molecule has 1 saturated heterocycles. The van der Waals surface area contributed by atoms with E-state index in [1.165, 1.54) is 43.7 Å². The molecule has 0 spiro atoms. The molecular weight excluding hydrogens is 208 g/mol. The molecule has 0 aromatic heterocycles. The molecule has 0 amide bonds. The molecular formula is C15H22N2. The van der Waals surface area contributed by atoms with E-state index >= 15 is 0 Å². The van der Waals surface area contributed by atoms with Gasteiger partial charge in [0.2, 0.25) is 0 Å². The first-order valence-electron chi connectivity index (χ1n) is 6.88. The molecule has 2 nitrogen and oxygen atoms in total. The molecule has 92 valence electrons. The molecule has 2 unspecified atom stereocenters. The van der Waals surface area contributed by atoms with E-state index in [-0.39, 0.29) is 0 Å². The minimum absolute atomic E-state index is 0.724. The maximum atomic E-state index is 3.52. The number of benzene rings is 1. The molecule has 2 heteroatoms. The molecule has 0 bridgehead atoms. The zero-order valence-electron chi connectivity index (χ0n) is 10.7. The van der Waals surface area contributed by atoms with Gasteiger partial charge in [0.25, 0.3) is 0 Å². The summed E-state index contributed by atoms with van der Waals surface area (Å²) in [5, 5.41) is 3.52. The predicted octanol–water partition coefficient (Wildman–Crippen LogP) is 2.93. The van der Waals surface area contributed by atoms with Crippen molar-refractivity contribution < 1.29 is 0 Å². The lowest BCUT2D eigenvalue weighted by Gasteiger charge is -2.18. The first kappa shape index (κ1) is 11.1. The summed E-state index contributed by atoms with van der Waals surface area (Å²) in [4.78, 5) is 2.63. The molecule has 0 radical (unpaired) electrons. The lowest BCUT2D eigenvalue weighted by atomic mass is 9.98. The molecule has 3 rings (SSSR count). The van der Waals surface area contributed by atoms with Crippen LogP contribution in [-0.4, -0.2) is 31.1 Å². The Morgan fingerprint density at radius 3 is 3.06 bits per heavy atom. The van der Waals surface area contributed by atoms with E-state index < -0.39 is 0 Å². The largest absolute Gasteiger partial charge is 0.384 e. The van der Waals surface area contributed by atoms with Gasteiger partial charge >= 0.3 is 0 Å². The van der Waals surface area contributed by atoms with Gasteiger partial charge in [-0.05, 0) is 43.5 Å². The molecule has 0 saturated carbocycles. The van der Waals surface area contributed by atoms with E-state index in [0.29, 0.717) is 0 Å². The van der Waals surface area contributed by atoms with E-state index in [9.17, 15) is 0 Å². The van der Waals surface area contributed by atoms with Gasteiger partial charge < -0.3 is 10.2 Å². The highest BCUT2D eigenvalue weighted by molar-refractivity contribution is 5.57. The Bertz CT molecular complexity index is 388. The first-order chi connectivity index (χ1) is 8.33. The smallest absolute Gasteiger partial charge is 0.0376 e. The first-order valence-corrected chi connectivity index (χ1v) is 6.88. The van der Waals surface area contributed by atoms with Gasteiger partial charge in [-0.25, -0.2) is 0 Å². The van der Waals surface area contributed by atoms with E-state index in [0.717, 1.165) is 18.4 Å². The summed E-state index contributed by atoms with van der Waals surface area (Å²) in [5.41, 5.74) is 2.88. The Hall–Kier alpha value is -1.02. The summed E-state index contributed by atoms with van der Waals surface area (Å²) in [5.74, 6) is 1.63. The van der Waals surface area contributed by atoms with Crippen molar-refractivity contribution in [3.63, 3.8) is 0 Å². The Balaban J connectivity index is 1.57. The maximum Gasteiger partial charge on any atom is 0.0376 e. The second kappa shape index (κ2) is 4.69. The third-order valence-electron chi connectivity index (χ3n) is 4.24. The average Bonchev–Trinajstić information content (AvgIpc) is 2.93. The number of fused-ring (bicyclic) bond motifs is 1. The number of para-hydroxylation sites is 1. The van der Waals surface area contributed by atoms with Crippen LogP contribution < -0.4 is 5.32 Å². The summed E-state index contributed by atoms with van der Waals surface area (Å²) >= 11 is 0. The van der Waals surface area contributed by atoms with Crippen LogP contribution in [0.5, 0.6) is 0 Å². The highest BCUT2D eigenvalue weighted by atomic mass is 15.1. The molecule has 1 aromatic carbocycles. The summed E-state index contributed by atoms with van der Waals surface area (Å²) in [6.45, 7) is 7.38. The van der Waals surface area contributed by atoms with Crippen molar-refractivity contribution in [2.24, 2.45) is 5.92 Å². The number of likely N-dealkylation sites (tertiary alicyclic amines) is 1. The van der Waals surface area contributed by atoms with Gasteiger partial charge in [-0.15, -0.1) is 0 Å². The second-order valence-electron chi connectivity index (χ2n) is 5.65. The van der Waals surface area contributed by atoms with Crippen LogP contribution in [0.15, 0.2) is 24.3 Å². The van der Waals surface area contributed by atoms with Crippen LogP contribution in [0, 0.1) is 5.92 Å². The molecule has 1 fully saturated rings. The fourth-order valence-corrected chi connectivity index (χ4v) is 3.18. The fraction of sp³-hybridized carbons (Fsp3) is 0.600. The lowest BCUT2D eigenvalue weighted by molar-refractivity contribution is 0.314. The van der Waals surface area contributed by atoms with Gasteiger partial charge in [-0.2, -0.15) is 0 Å². The molecule has 2 aliphatic heterocycles. The molecule has 1 N–H and O–H groups in total. The van der Waals surface area contributed by atoms with Crippen LogP contribution in [0.25, 0.3) is 0 Å². The van der Waals surface area contributed by atoms with Crippen molar-refractivity contribution in [1.82, 2.24) is 4.90 Å². The zero-order valence-corrected chi connectivity index (χ0v) is 10.7. The summed E-state index contributed by atoms with van der Waals surface area (Å²) < 4.78 is 0. The highest BCUT2D eigenvalue weighted by Gasteiger charge is 2.24. The van der Waals surface area contributed by atoms with E-state index in [1.807, 2.05) is 0 Å². The standard InChI is InChI=1S/C15H22N2/c1-12-6-8-17(11-12)9-7-13-10-16-15-5-3-2-4-14(13)15/h2-5,12-13,16H,6-11H2,1H3. The van der Waals surface area contributed by atoms with Gasteiger partial charge in [0.05, 0.1) is 0 Å².